The lowest BCUT2D eigenvalue weighted by Crippen LogP contribution is -2.40. The molecule has 3 heterocycles. The topological polar surface area (TPSA) is 79.0 Å². The number of aryl methyl sites for hydroxylation is 1. The van der Waals surface area contributed by atoms with Gasteiger partial charge in [0.1, 0.15) is 0 Å². The van der Waals surface area contributed by atoms with Crippen molar-refractivity contribution in [2.24, 2.45) is 0 Å². The summed E-state index contributed by atoms with van der Waals surface area (Å²) in [7, 11) is -3.65. The number of hydrogen-bond acceptors (Lipinski definition) is 6. The molecule has 7 nitrogen and oxygen atoms in total. The van der Waals surface area contributed by atoms with E-state index in [1.54, 1.807) is 12.1 Å². The predicted molar refractivity (Wildman–Crippen MR) is 124 cm³/mol. The maximum absolute atomic E-state index is 13.2. The summed E-state index contributed by atoms with van der Waals surface area (Å²) in [6.45, 7) is 5.17. The number of ether oxygens (including phenoxy) is 1. The molecule has 168 valence electrons. The van der Waals surface area contributed by atoms with Gasteiger partial charge in [-0.05, 0) is 55.0 Å². The first-order valence-electron chi connectivity index (χ1n) is 10.8. The van der Waals surface area contributed by atoms with Crippen molar-refractivity contribution >= 4 is 38.6 Å². The Morgan fingerprint density at radius 2 is 1.74 bits per heavy atom. The fraction of sp³-hybridized carbons (Fsp3) is 0.500. The predicted octanol–water partition coefficient (Wildman–Crippen LogP) is 3.71. The fourth-order valence-electron chi connectivity index (χ4n) is 4.08. The third-order valence-electron chi connectivity index (χ3n) is 5.84. The van der Waals surface area contributed by atoms with Crippen molar-refractivity contribution in [3.05, 3.63) is 40.1 Å². The Balaban J connectivity index is 1.69. The fourth-order valence-corrected chi connectivity index (χ4v) is 6.34. The minimum atomic E-state index is -3.65. The lowest BCUT2D eigenvalue weighted by atomic mass is 10.2. The zero-order valence-corrected chi connectivity index (χ0v) is 19.4. The molecule has 0 radical (unpaired) electrons. The van der Waals surface area contributed by atoms with Gasteiger partial charge >= 0.3 is 0 Å². The number of amides is 1. The number of sulfonamides is 1. The second-order valence-corrected chi connectivity index (χ2v) is 10.8. The first kappa shape index (κ1) is 22.3. The van der Waals surface area contributed by atoms with Gasteiger partial charge in [0.25, 0.3) is 5.91 Å². The molecule has 0 atom stereocenters. The summed E-state index contributed by atoms with van der Waals surface area (Å²) in [5, 5.41) is 4.90. The molecule has 1 aromatic carbocycles. The van der Waals surface area contributed by atoms with Crippen LogP contribution in [0.1, 0.15) is 40.9 Å². The molecule has 1 N–H and O–H groups in total. The number of hydrogen-bond donors (Lipinski definition) is 1. The quantitative estimate of drug-likeness (QED) is 0.731. The summed E-state index contributed by atoms with van der Waals surface area (Å²) >= 11 is 1.39. The van der Waals surface area contributed by atoms with E-state index in [2.05, 4.69) is 10.2 Å². The summed E-state index contributed by atoms with van der Waals surface area (Å²) in [6, 6.07) is 7.03. The maximum Gasteiger partial charge on any atom is 0.266 e. The van der Waals surface area contributed by atoms with Gasteiger partial charge in [-0.25, -0.2) is 8.42 Å². The monoisotopic (exact) mass is 463 g/mol. The van der Waals surface area contributed by atoms with Gasteiger partial charge in [-0.15, -0.1) is 11.3 Å². The van der Waals surface area contributed by atoms with Crippen LogP contribution in [-0.4, -0.2) is 58.0 Å². The second kappa shape index (κ2) is 9.68. The van der Waals surface area contributed by atoms with Crippen molar-refractivity contribution in [1.82, 2.24) is 4.31 Å². The Kier molecular flexibility index (Phi) is 6.95. The Labute approximate surface area is 188 Å². The molecule has 31 heavy (non-hydrogen) atoms. The largest absolute Gasteiger partial charge is 0.379 e. The third kappa shape index (κ3) is 4.95. The van der Waals surface area contributed by atoms with Crippen LogP contribution in [-0.2, 0) is 14.8 Å². The first-order valence-corrected chi connectivity index (χ1v) is 13.1. The number of carbonyl (C=O) groups excluding carboxylic acids is 1. The van der Waals surface area contributed by atoms with Crippen molar-refractivity contribution in [2.75, 3.05) is 49.6 Å². The second-order valence-electron chi connectivity index (χ2n) is 7.98. The number of thiophene rings is 1. The van der Waals surface area contributed by atoms with E-state index in [0.29, 0.717) is 36.9 Å². The lowest BCUT2D eigenvalue weighted by Gasteiger charge is -2.28. The van der Waals surface area contributed by atoms with Crippen molar-refractivity contribution in [3.8, 4) is 0 Å². The Morgan fingerprint density at radius 1 is 1.03 bits per heavy atom. The van der Waals surface area contributed by atoms with E-state index in [1.807, 2.05) is 24.4 Å². The van der Waals surface area contributed by atoms with Gasteiger partial charge in [0.05, 0.1) is 34.4 Å². The van der Waals surface area contributed by atoms with Gasteiger partial charge in [0.2, 0.25) is 10.0 Å². The molecule has 1 amide bonds. The molecule has 0 aliphatic carbocycles. The number of morpholine rings is 1. The van der Waals surface area contributed by atoms with Crippen LogP contribution in [0.2, 0.25) is 0 Å². The number of carbonyl (C=O) groups is 1. The van der Waals surface area contributed by atoms with Gasteiger partial charge in [0, 0.05) is 26.2 Å². The zero-order chi connectivity index (χ0) is 21.8. The van der Waals surface area contributed by atoms with E-state index >= 15 is 0 Å². The minimum absolute atomic E-state index is 0.200. The maximum atomic E-state index is 13.2. The van der Waals surface area contributed by atoms with E-state index in [1.165, 1.54) is 28.5 Å². The van der Waals surface area contributed by atoms with Crippen LogP contribution in [0.5, 0.6) is 0 Å². The highest BCUT2D eigenvalue weighted by Gasteiger charge is 2.28. The van der Waals surface area contributed by atoms with Crippen LogP contribution >= 0.6 is 11.3 Å². The SMILES string of the molecule is Cc1ccsc1C(=O)Nc1cc(S(=O)(=O)N2CCOCC2)ccc1N1CCCCCC1. The lowest BCUT2D eigenvalue weighted by molar-refractivity contribution is 0.0730. The number of rotatable bonds is 5. The Bertz CT molecular complexity index is 1020. The summed E-state index contributed by atoms with van der Waals surface area (Å²) < 4.78 is 33.1. The standard InChI is InChI=1S/C22H29N3O4S2/c1-17-8-15-30-21(17)22(26)23-19-16-18(31(27,28)25-11-13-29-14-12-25)6-7-20(19)24-9-4-2-3-5-10-24/h6-8,15-16H,2-5,9-14H2,1H3,(H,23,26). The van der Waals surface area contributed by atoms with Crippen molar-refractivity contribution in [1.29, 1.82) is 0 Å². The molecule has 0 spiro atoms. The van der Waals surface area contributed by atoms with Crippen molar-refractivity contribution < 1.29 is 17.9 Å². The van der Waals surface area contributed by atoms with Gasteiger partial charge in [-0.2, -0.15) is 4.31 Å². The minimum Gasteiger partial charge on any atom is -0.379 e. The van der Waals surface area contributed by atoms with Gasteiger partial charge in [0.15, 0.2) is 0 Å². The molecular weight excluding hydrogens is 434 g/mol. The molecular formula is C22H29N3O4S2. The summed E-state index contributed by atoms with van der Waals surface area (Å²) in [5.74, 6) is -0.204. The van der Waals surface area contributed by atoms with E-state index in [0.717, 1.165) is 37.2 Å². The van der Waals surface area contributed by atoms with Crippen LogP contribution in [0.3, 0.4) is 0 Å². The van der Waals surface area contributed by atoms with Crippen LogP contribution in [0.25, 0.3) is 0 Å². The highest BCUT2D eigenvalue weighted by atomic mass is 32.2. The summed E-state index contributed by atoms with van der Waals surface area (Å²) in [4.78, 5) is 16.1. The highest BCUT2D eigenvalue weighted by molar-refractivity contribution is 7.89. The van der Waals surface area contributed by atoms with E-state index in [-0.39, 0.29) is 10.8 Å². The highest BCUT2D eigenvalue weighted by Crippen LogP contribution is 2.33. The Hall–Kier alpha value is -1.94. The van der Waals surface area contributed by atoms with Crippen LogP contribution < -0.4 is 10.2 Å². The molecule has 1 aromatic heterocycles. The van der Waals surface area contributed by atoms with Gasteiger partial charge < -0.3 is 15.0 Å². The van der Waals surface area contributed by atoms with E-state index in [9.17, 15) is 13.2 Å². The average Bonchev–Trinajstić information content (AvgIpc) is 3.03. The van der Waals surface area contributed by atoms with Crippen LogP contribution in [0.4, 0.5) is 11.4 Å². The van der Waals surface area contributed by atoms with Crippen LogP contribution in [0, 0.1) is 6.92 Å². The smallest absolute Gasteiger partial charge is 0.266 e. The zero-order valence-electron chi connectivity index (χ0n) is 17.8. The molecule has 2 saturated heterocycles. The number of benzene rings is 1. The van der Waals surface area contributed by atoms with E-state index in [4.69, 9.17) is 4.74 Å². The molecule has 9 heteroatoms. The molecule has 0 saturated carbocycles. The van der Waals surface area contributed by atoms with Crippen molar-refractivity contribution in [3.63, 3.8) is 0 Å². The number of nitrogens with zero attached hydrogens (tertiary/aromatic N) is 2. The summed E-state index contributed by atoms with van der Waals surface area (Å²) in [5.41, 5.74) is 2.34. The molecule has 4 rings (SSSR count). The molecule has 2 aliphatic heterocycles. The molecule has 2 aliphatic rings. The third-order valence-corrected chi connectivity index (χ3v) is 8.75. The molecule has 0 bridgehead atoms. The molecule has 2 fully saturated rings. The molecule has 0 unspecified atom stereocenters. The summed E-state index contributed by atoms with van der Waals surface area (Å²) in [6.07, 6.45) is 4.56. The number of anilines is 2. The normalized spacial score (nSPS) is 18.5. The van der Waals surface area contributed by atoms with Crippen LogP contribution in [0.15, 0.2) is 34.5 Å². The molecule has 2 aromatic rings. The Morgan fingerprint density at radius 3 is 2.39 bits per heavy atom. The average molecular weight is 464 g/mol. The van der Waals surface area contributed by atoms with E-state index < -0.39 is 10.0 Å². The van der Waals surface area contributed by atoms with Gasteiger partial charge in [-0.3, -0.25) is 4.79 Å². The van der Waals surface area contributed by atoms with Gasteiger partial charge in [-0.1, -0.05) is 12.8 Å². The first-order chi connectivity index (χ1) is 15.0. The van der Waals surface area contributed by atoms with Crippen molar-refractivity contribution in [2.45, 2.75) is 37.5 Å². The number of nitrogens with one attached hydrogen (secondary N) is 1.